The molecule has 3 aliphatic rings. The van der Waals surface area contributed by atoms with Crippen LogP contribution in [0.5, 0.6) is 0 Å². The molecule has 5 rings (SSSR count). The molecule has 1 amide bonds. The molecule has 2 aromatic rings. The van der Waals surface area contributed by atoms with Gasteiger partial charge in [0.05, 0.1) is 25.4 Å². The number of rotatable bonds is 7. The van der Waals surface area contributed by atoms with Gasteiger partial charge in [0.15, 0.2) is 5.69 Å². The number of likely N-dealkylation sites (tertiary alicyclic amines) is 1. The van der Waals surface area contributed by atoms with Gasteiger partial charge in [-0.3, -0.25) is 9.78 Å². The van der Waals surface area contributed by atoms with E-state index in [-0.39, 0.29) is 11.5 Å². The van der Waals surface area contributed by atoms with E-state index < -0.39 is 0 Å². The highest BCUT2D eigenvalue weighted by Crippen LogP contribution is 2.43. The van der Waals surface area contributed by atoms with Gasteiger partial charge >= 0.3 is 0 Å². The first-order valence-corrected chi connectivity index (χ1v) is 10.1. The van der Waals surface area contributed by atoms with E-state index >= 15 is 0 Å². The molecule has 3 fully saturated rings. The summed E-state index contributed by atoms with van der Waals surface area (Å²) >= 11 is 0. The van der Waals surface area contributed by atoms with Crippen LogP contribution in [0.3, 0.4) is 0 Å². The summed E-state index contributed by atoms with van der Waals surface area (Å²) in [6.07, 6.45) is 6.00. The summed E-state index contributed by atoms with van der Waals surface area (Å²) in [7, 11) is 0. The molecule has 0 N–H and O–H groups in total. The summed E-state index contributed by atoms with van der Waals surface area (Å²) in [5, 5.41) is 3.97. The number of ether oxygens (including phenoxy) is 2. The zero-order valence-corrected chi connectivity index (χ0v) is 15.9. The Kier molecular flexibility index (Phi) is 4.64. The highest BCUT2D eigenvalue weighted by Gasteiger charge is 2.54. The number of hydrogen-bond donors (Lipinski definition) is 0. The molecule has 4 heterocycles. The van der Waals surface area contributed by atoms with Gasteiger partial charge in [0.25, 0.3) is 5.91 Å². The van der Waals surface area contributed by atoms with Crippen molar-refractivity contribution in [2.75, 3.05) is 26.3 Å². The average molecular weight is 383 g/mol. The fourth-order valence-corrected chi connectivity index (χ4v) is 4.28. The lowest BCUT2D eigenvalue weighted by molar-refractivity contribution is -0.121. The molecular weight excluding hydrogens is 358 g/mol. The van der Waals surface area contributed by atoms with E-state index in [0.717, 1.165) is 43.7 Å². The zero-order chi connectivity index (χ0) is 19.0. The molecule has 7 nitrogen and oxygen atoms in total. The van der Waals surface area contributed by atoms with Gasteiger partial charge in [0.1, 0.15) is 11.4 Å². The topological polar surface area (TPSA) is 77.7 Å². The third kappa shape index (κ3) is 3.44. The lowest BCUT2D eigenvalue weighted by Crippen LogP contribution is -2.66. The molecule has 0 unspecified atom stereocenters. The van der Waals surface area contributed by atoms with Crippen molar-refractivity contribution < 1.29 is 18.8 Å². The lowest BCUT2D eigenvalue weighted by Gasteiger charge is -2.50. The molecular formula is C21H25N3O4. The van der Waals surface area contributed by atoms with Crippen LogP contribution in [0.1, 0.15) is 53.5 Å². The minimum absolute atomic E-state index is 0.0538. The van der Waals surface area contributed by atoms with Crippen molar-refractivity contribution in [3.63, 3.8) is 0 Å². The molecule has 1 aliphatic carbocycles. The molecule has 148 valence electrons. The maximum absolute atomic E-state index is 12.7. The van der Waals surface area contributed by atoms with E-state index in [4.69, 9.17) is 14.0 Å². The minimum atomic E-state index is -0.215. The van der Waals surface area contributed by atoms with Crippen molar-refractivity contribution in [2.45, 2.75) is 43.8 Å². The molecule has 0 radical (unpaired) electrons. The van der Waals surface area contributed by atoms with Crippen molar-refractivity contribution in [3.05, 3.63) is 47.6 Å². The Labute approximate surface area is 164 Å². The van der Waals surface area contributed by atoms with Gasteiger partial charge in [-0.2, -0.15) is 0 Å². The largest absolute Gasteiger partial charge is 0.375 e. The molecule has 1 atom stereocenters. The van der Waals surface area contributed by atoms with Crippen LogP contribution in [0.15, 0.2) is 35.0 Å². The highest BCUT2D eigenvalue weighted by atomic mass is 16.5. The van der Waals surface area contributed by atoms with E-state index in [1.54, 1.807) is 6.20 Å². The van der Waals surface area contributed by atoms with Gasteiger partial charge in [0, 0.05) is 31.4 Å². The van der Waals surface area contributed by atoms with Crippen LogP contribution in [0.2, 0.25) is 0 Å². The minimum Gasteiger partial charge on any atom is -0.375 e. The Morgan fingerprint density at radius 1 is 1.29 bits per heavy atom. The van der Waals surface area contributed by atoms with E-state index in [0.29, 0.717) is 43.8 Å². The van der Waals surface area contributed by atoms with Crippen molar-refractivity contribution in [1.82, 2.24) is 15.0 Å². The number of nitrogens with zero attached hydrogens (tertiary/aromatic N) is 3. The average Bonchev–Trinajstić information content (AvgIpc) is 3.26. The van der Waals surface area contributed by atoms with E-state index in [2.05, 4.69) is 10.1 Å². The lowest BCUT2D eigenvalue weighted by atomic mass is 9.79. The summed E-state index contributed by atoms with van der Waals surface area (Å²) in [5.41, 5.74) is 1.15. The maximum Gasteiger partial charge on any atom is 0.276 e. The monoisotopic (exact) mass is 383 g/mol. The Hall–Kier alpha value is -2.25. The molecule has 1 saturated carbocycles. The molecule has 2 saturated heterocycles. The second kappa shape index (κ2) is 7.29. The highest BCUT2D eigenvalue weighted by molar-refractivity contribution is 5.93. The van der Waals surface area contributed by atoms with Crippen molar-refractivity contribution >= 4 is 5.91 Å². The van der Waals surface area contributed by atoms with Crippen LogP contribution in [0, 0.1) is 5.92 Å². The number of aromatic nitrogens is 2. The number of pyridine rings is 1. The maximum atomic E-state index is 12.7. The zero-order valence-electron chi connectivity index (χ0n) is 15.9. The van der Waals surface area contributed by atoms with Crippen molar-refractivity contribution in [1.29, 1.82) is 0 Å². The summed E-state index contributed by atoms with van der Waals surface area (Å²) < 4.78 is 17.2. The van der Waals surface area contributed by atoms with Crippen LogP contribution in [-0.4, -0.2) is 52.9 Å². The van der Waals surface area contributed by atoms with Gasteiger partial charge in [-0.1, -0.05) is 11.2 Å². The predicted molar refractivity (Wildman–Crippen MR) is 99.7 cm³/mol. The number of carbonyl (C=O) groups excluding carboxylic acids is 1. The van der Waals surface area contributed by atoms with Crippen molar-refractivity contribution in [3.8, 4) is 0 Å². The van der Waals surface area contributed by atoms with E-state index in [1.807, 2.05) is 29.2 Å². The molecule has 7 heteroatoms. The molecule has 0 bridgehead atoms. The van der Waals surface area contributed by atoms with Crippen molar-refractivity contribution in [2.24, 2.45) is 5.92 Å². The summed E-state index contributed by atoms with van der Waals surface area (Å²) in [6.45, 7) is 3.21. The third-order valence-corrected chi connectivity index (χ3v) is 6.12. The number of amides is 1. The molecule has 1 spiro atoms. The van der Waals surface area contributed by atoms with Crippen LogP contribution in [-0.2, 0) is 16.1 Å². The molecule has 2 aliphatic heterocycles. The number of hydrogen-bond acceptors (Lipinski definition) is 6. The Morgan fingerprint density at radius 2 is 2.18 bits per heavy atom. The quantitative estimate of drug-likeness (QED) is 0.684. The van der Waals surface area contributed by atoms with Crippen LogP contribution < -0.4 is 0 Å². The molecule has 28 heavy (non-hydrogen) atoms. The van der Waals surface area contributed by atoms with Crippen LogP contribution in [0.4, 0.5) is 0 Å². The Balaban J connectivity index is 1.11. The molecule has 2 aromatic heterocycles. The Bertz CT molecular complexity index is 827. The van der Waals surface area contributed by atoms with Gasteiger partial charge in [-0.15, -0.1) is 0 Å². The van der Waals surface area contributed by atoms with Crippen LogP contribution in [0.25, 0.3) is 0 Å². The second-order valence-electron chi connectivity index (χ2n) is 8.11. The first-order chi connectivity index (χ1) is 13.7. The standard InChI is InChI=1S/C21H25N3O4/c25-20(18-11-19(28-23-18)15-4-5-15)24-13-21(14-24)16(7-10-27-21)6-9-26-12-17-3-1-2-8-22-17/h1-3,8,11,15-16H,4-7,9-10,12-14H2/t16-/m1/s1. The normalized spacial score (nSPS) is 23.1. The van der Waals surface area contributed by atoms with Crippen LogP contribution >= 0.6 is 0 Å². The second-order valence-corrected chi connectivity index (χ2v) is 8.11. The van der Waals surface area contributed by atoms with Gasteiger partial charge in [-0.05, 0) is 43.7 Å². The Morgan fingerprint density at radius 3 is 2.96 bits per heavy atom. The van der Waals surface area contributed by atoms with E-state index in [9.17, 15) is 4.79 Å². The van der Waals surface area contributed by atoms with Gasteiger partial charge in [-0.25, -0.2) is 0 Å². The third-order valence-electron chi connectivity index (χ3n) is 6.12. The summed E-state index contributed by atoms with van der Waals surface area (Å²) in [6, 6.07) is 7.64. The SMILES string of the molecule is O=C(c1cc(C2CC2)on1)N1CC2(C1)OCC[C@H]2CCOCc1ccccn1. The fraction of sp³-hybridized carbons (Fsp3) is 0.571. The smallest absolute Gasteiger partial charge is 0.276 e. The predicted octanol–water partition coefficient (Wildman–Crippen LogP) is 2.79. The number of carbonyl (C=O) groups is 1. The van der Waals surface area contributed by atoms with E-state index in [1.165, 1.54) is 0 Å². The summed E-state index contributed by atoms with van der Waals surface area (Å²) in [4.78, 5) is 18.8. The first-order valence-electron chi connectivity index (χ1n) is 10.1. The summed E-state index contributed by atoms with van der Waals surface area (Å²) in [5.74, 6) is 1.67. The van der Waals surface area contributed by atoms with Gasteiger partial charge in [0.2, 0.25) is 0 Å². The van der Waals surface area contributed by atoms with Gasteiger partial charge < -0.3 is 18.9 Å². The fourth-order valence-electron chi connectivity index (χ4n) is 4.28. The first kappa shape index (κ1) is 17.8. The molecule has 0 aromatic carbocycles.